The Hall–Kier alpha value is -3.97. The van der Waals surface area contributed by atoms with Crippen LogP contribution >= 0.6 is 11.6 Å². The van der Waals surface area contributed by atoms with Gasteiger partial charge in [-0.3, -0.25) is 14.6 Å². The molecule has 6 rings (SSSR count). The van der Waals surface area contributed by atoms with Gasteiger partial charge in [-0.15, -0.1) is 0 Å². The third-order valence-electron chi connectivity index (χ3n) is 7.19. The number of amides is 2. The van der Waals surface area contributed by atoms with E-state index in [1.54, 1.807) is 45.1 Å². The number of rotatable bonds is 3. The molecule has 0 saturated carbocycles. The highest BCUT2D eigenvalue weighted by Gasteiger charge is 2.60. The van der Waals surface area contributed by atoms with E-state index in [4.69, 9.17) is 16.7 Å². The van der Waals surface area contributed by atoms with E-state index in [1.807, 2.05) is 48.5 Å². The molecule has 2 aliphatic heterocycles. The highest BCUT2D eigenvalue weighted by molar-refractivity contribution is 6.30. The van der Waals surface area contributed by atoms with Crippen LogP contribution in [0, 0.1) is 0 Å². The number of hydrogen-bond donors (Lipinski definition) is 0. The van der Waals surface area contributed by atoms with Crippen LogP contribution in [-0.2, 0) is 11.1 Å². The summed E-state index contributed by atoms with van der Waals surface area (Å²) in [5, 5.41) is 5.43. The highest BCUT2D eigenvalue weighted by atomic mass is 35.5. The second kappa shape index (κ2) is 8.28. The van der Waals surface area contributed by atoms with Gasteiger partial charge in [0.15, 0.2) is 5.66 Å². The van der Waals surface area contributed by atoms with Gasteiger partial charge in [0.25, 0.3) is 11.8 Å². The van der Waals surface area contributed by atoms with Gasteiger partial charge in [0.05, 0.1) is 16.9 Å². The van der Waals surface area contributed by atoms with Crippen molar-refractivity contribution in [3.05, 3.63) is 112 Å². The maximum atomic E-state index is 14.6. The summed E-state index contributed by atoms with van der Waals surface area (Å²) in [6.45, 7) is 6.98. The molecule has 8 heteroatoms. The van der Waals surface area contributed by atoms with Crippen molar-refractivity contribution < 1.29 is 9.59 Å². The molecule has 0 N–H and O–H groups in total. The molecular weight excluding hydrogens is 486 g/mol. The fourth-order valence-electron chi connectivity index (χ4n) is 5.41. The zero-order valence-electron chi connectivity index (χ0n) is 20.9. The van der Waals surface area contributed by atoms with Gasteiger partial charge in [0, 0.05) is 47.0 Å². The van der Waals surface area contributed by atoms with Crippen molar-refractivity contribution in [2.45, 2.75) is 31.8 Å². The predicted octanol–water partition coefficient (Wildman–Crippen LogP) is 5.03. The summed E-state index contributed by atoms with van der Waals surface area (Å²) in [6.07, 6.45) is 3.31. The molecule has 0 spiro atoms. The third kappa shape index (κ3) is 3.41. The number of benzene rings is 2. The van der Waals surface area contributed by atoms with Crippen molar-refractivity contribution in [1.29, 1.82) is 0 Å². The molecule has 4 heterocycles. The molecule has 2 aliphatic rings. The lowest BCUT2D eigenvalue weighted by molar-refractivity contribution is 0.0369. The lowest BCUT2D eigenvalue weighted by atomic mass is 9.90. The maximum absolute atomic E-state index is 14.6. The molecule has 0 bridgehead atoms. The van der Waals surface area contributed by atoms with Gasteiger partial charge in [-0.05, 0) is 36.4 Å². The van der Waals surface area contributed by atoms with E-state index in [1.165, 1.54) is 0 Å². The average Bonchev–Trinajstić information content (AvgIpc) is 3.58. The lowest BCUT2D eigenvalue weighted by Crippen LogP contribution is -2.52. The van der Waals surface area contributed by atoms with Crippen LogP contribution in [-0.4, -0.2) is 49.5 Å². The number of halogens is 1. The van der Waals surface area contributed by atoms with Gasteiger partial charge in [-0.25, -0.2) is 4.68 Å². The fourth-order valence-corrected chi connectivity index (χ4v) is 5.54. The first-order valence-electron chi connectivity index (χ1n) is 12.2. The Morgan fingerprint density at radius 3 is 2.43 bits per heavy atom. The second-order valence-electron chi connectivity index (χ2n) is 10.4. The molecule has 2 amide bonds. The van der Waals surface area contributed by atoms with Gasteiger partial charge in [0.1, 0.15) is 5.69 Å². The quantitative estimate of drug-likeness (QED) is 0.387. The monoisotopic (exact) mass is 511 g/mol. The Morgan fingerprint density at radius 2 is 1.73 bits per heavy atom. The molecule has 1 fully saturated rings. The zero-order valence-corrected chi connectivity index (χ0v) is 21.6. The molecule has 0 radical (unpaired) electrons. The van der Waals surface area contributed by atoms with Crippen LogP contribution in [0.5, 0.6) is 0 Å². The molecule has 7 nitrogen and oxygen atoms in total. The van der Waals surface area contributed by atoms with Crippen molar-refractivity contribution in [2.75, 3.05) is 13.1 Å². The first kappa shape index (κ1) is 23.4. The summed E-state index contributed by atoms with van der Waals surface area (Å²) < 4.78 is 1.71. The summed E-state index contributed by atoms with van der Waals surface area (Å²) in [5.74, 6) is -0.330. The Bertz CT molecular complexity index is 1520. The molecule has 4 aromatic rings. The van der Waals surface area contributed by atoms with Crippen molar-refractivity contribution >= 4 is 23.4 Å². The van der Waals surface area contributed by atoms with E-state index in [0.717, 1.165) is 16.9 Å². The summed E-state index contributed by atoms with van der Waals surface area (Å²) in [4.78, 5) is 36.0. The average molecular weight is 512 g/mol. The highest BCUT2D eigenvalue weighted by Crippen LogP contribution is 2.50. The van der Waals surface area contributed by atoms with E-state index < -0.39 is 5.66 Å². The van der Waals surface area contributed by atoms with Crippen molar-refractivity contribution in [2.24, 2.45) is 0 Å². The predicted molar refractivity (Wildman–Crippen MR) is 141 cm³/mol. The third-order valence-corrected chi connectivity index (χ3v) is 7.44. The molecule has 1 atom stereocenters. The van der Waals surface area contributed by atoms with Gasteiger partial charge in [-0.1, -0.05) is 62.7 Å². The van der Waals surface area contributed by atoms with E-state index in [-0.39, 0.29) is 17.2 Å². The normalized spacial score (nSPS) is 18.8. The minimum Gasteiger partial charge on any atom is -0.306 e. The summed E-state index contributed by atoms with van der Waals surface area (Å²) in [7, 11) is 0. The van der Waals surface area contributed by atoms with E-state index in [0.29, 0.717) is 34.9 Å². The van der Waals surface area contributed by atoms with E-state index in [2.05, 4.69) is 25.8 Å². The number of fused-ring (bicyclic) bond motifs is 3. The second-order valence-corrected chi connectivity index (χ2v) is 10.9. The molecule has 1 unspecified atom stereocenters. The largest absolute Gasteiger partial charge is 0.306 e. The van der Waals surface area contributed by atoms with Crippen molar-refractivity contribution in [3.63, 3.8) is 0 Å². The van der Waals surface area contributed by atoms with Crippen LogP contribution in [0.2, 0.25) is 5.02 Å². The Balaban J connectivity index is 1.57. The Kier molecular flexibility index (Phi) is 5.24. The standard InChI is InChI=1S/C29H26ClN5O2/c1-28(2,3)25-17-24(35(32-25)21-7-5-4-6-8-21)27(37)34-16-15-33-26(36)22-13-14-31-18-23(22)29(33,34)19-9-11-20(30)12-10-19/h4-14,17-18H,15-16H2,1-3H3. The number of hydrogen-bond acceptors (Lipinski definition) is 4. The van der Waals surface area contributed by atoms with Crippen LogP contribution in [0.15, 0.2) is 79.1 Å². The smallest absolute Gasteiger partial charge is 0.275 e. The minimum absolute atomic E-state index is 0.116. The number of carbonyl (C=O) groups excluding carboxylic acids is 2. The summed E-state index contributed by atoms with van der Waals surface area (Å²) >= 11 is 6.23. The van der Waals surface area contributed by atoms with E-state index >= 15 is 0 Å². The van der Waals surface area contributed by atoms with Crippen LogP contribution < -0.4 is 0 Å². The maximum Gasteiger partial charge on any atom is 0.275 e. The lowest BCUT2D eigenvalue weighted by Gasteiger charge is -2.40. The van der Waals surface area contributed by atoms with Crippen LogP contribution in [0.3, 0.4) is 0 Å². The first-order valence-corrected chi connectivity index (χ1v) is 12.6. The van der Waals surface area contributed by atoms with Gasteiger partial charge in [0.2, 0.25) is 0 Å². The minimum atomic E-state index is -1.13. The van der Waals surface area contributed by atoms with Crippen LogP contribution in [0.4, 0.5) is 0 Å². The molecule has 2 aromatic heterocycles. The topological polar surface area (TPSA) is 71.3 Å². The molecule has 37 heavy (non-hydrogen) atoms. The van der Waals surface area contributed by atoms with Crippen LogP contribution in [0.1, 0.15) is 58.4 Å². The number of carbonyl (C=O) groups is 2. The number of pyridine rings is 1. The molecular formula is C29H26ClN5O2. The van der Waals surface area contributed by atoms with E-state index in [9.17, 15) is 9.59 Å². The SMILES string of the molecule is CC(C)(C)c1cc(C(=O)N2CCN3C(=O)c4ccncc4C32c2ccc(Cl)cc2)n(-c2ccccc2)n1. The number of para-hydroxylation sites is 1. The zero-order chi connectivity index (χ0) is 25.9. The summed E-state index contributed by atoms with van der Waals surface area (Å²) in [5.41, 5.74) is 2.67. The molecule has 1 saturated heterocycles. The number of nitrogens with zero attached hydrogens (tertiary/aromatic N) is 5. The number of aromatic nitrogens is 3. The Morgan fingerprint density at radius 1 is 1.00 bits per heavy atom. The van der Waals surface area contributed by atoms with Gasteiger partial charge in [-0.2, -0.15) is 5.10 Å². The molecule has 0 aliphatic carbocycles. The summed E-state index contributed by atoms with van der Waals surface area (Å²) in [6, 6.07) is 20.6. The fraction of sp³-hybridized carbons (Fsp3) is 0.241. The molecule has 186 valence electrons. The van der Waals surface area contributed by atoms with Crippen molar-refractivity contribution in [3.8, 4) is 5.69 Å². The van der Waals surface area contributed by atoms with Crippen LogP contribution in [0.25, 0.3) is 5.69 Å². The van der Waals surface area contributed by atoms with Crippen molar-refractivity contribution in [1.82, 2.24) is 24.6 Å². The molecule has 2 aromatic carbocycles. The first-order chi connectivity index (χ1) is 17.7. The van der Waals surface area contributed by atoms with Gasteiger partial charge >= 0.3 is 0 Å². The van der Waals surface area contributed by atoms with Gasteiger partial charge < -0.3 is 9.80 Å². The Labute approximate surface area is 220 Å².